The molecular formula is C13H27NO2. The molecule has 0 aromatic carbocycles. The van der Waals surface area contributed by atoms with E-state index in [4.69, 9.17) is 4.74 Å². The number of aliphatic hydroxyl groups excluding tert-OH is 1. The van der Waals surface area contributed by atoms with E-state index < -0.39 is 0 Å². The summed E-state index contributed by atoms with van der Waals surface area (Å²) < 4.78 is 5.43. The van der Waals surface area contributed by atoms with Crippen LogP contribution in [0, 0.1) is 5.92 Å². The van der Waals surface area contributed by atoms with Crippen LogP contribution in [0.4, 0.5) is 0 Å². The highest BCUT2D eigenvalue weighted by atomic mass is 16.5. The van der Waals surface area contributed by atoms with E-state index in [1.165, 1.54) is 12.8 Å². The van der Waals surface area contributed by atoms with Crippen LogP contribution in [-0.4, -0.2) is 36.5 Å². The molecule has 2 atom stereocenters. The first-order chi connectivity index (χ1) is 7.64. The maximum Gasteiger partial charge on any atom is 0.0616 e. The van der Waals surface area contributed by atoms with E-state index in [1.54, 1.807) is 0 Å². The lowest BCUT2D eigenvalue weighted by Crippen LogP contribution is -2.54. The van der Waals surface area contributed by atoms with Gasteiger partial charge in [0.1, 0.15) is 0 Å². The van der Waals surface area contributed by atoms with Crippen molar-refractivity contribution in [2.45, 2.75) is 58.0 Å². The number of aliphatic hydroxyl groups is 1. The standard InChI is InChI=1S/C13H27NO2/c1-4-16-9-7-12-6-5-8-13(12,10-15)14-11(2)3/h11-12,14-15H,4-10H2,1-3H3. The van der Waals surface area contributed by atoms with Gasteiger partial charge in [0.05, 0.1) is 6.61 Å². The van der Waals surface area contributed by atoms with E-state index in [1.807, 2.05) is 6.92 Å². The van der Waals surface area contributed by atoms with Crippen molar-refractivity contribution in [1.29, 1.82) is 0 Å². The Hall–Kier alpha value is -0.120. The zero-order chi connectivity index (χ0) is 12.0. The molecule has 0 radical (unpaired) electrons. The molecule has 0 bridgehead atoms. The van der Waals surface area contributed by atoms with Crippen LogP contribution in [0.2, 0.25) is 0 Å². The minimum Gasteiger partial charge on any atom is -0.394 e. The molecule has 0 heterocycles. The molecule has 1 rings (SSSR count). The monoisotopic (exact) mass is 229 g/mol. The molecule has 96 valence electrons. The summed E-state index contributed by atoms with van der Waals surface area (Å²) in [4.78, 5) is 0. The van der Waals surface area contributed by atoms with Crippen molar-refractivity contribution in [3.63, 3.8) is 0 Å². The highest BCUT2D eigenvalue weighted by molar-refractivity contribution is 4.99. The lowest BCUT2D eigenvalue weighted by atomic mass is 9.85. The predicted molar refractivity (Wildman–Crippen MR) is 66.5 cm³/mol. The minimum atomic E-state index is -0.0503. The van der Waals surface area contributed by atoms with Gasteiger partial charge in [-0.3, -0.25) is 0 Å². The summed E-state index contributed by atoms with van der Waals surface area (Å²) in [6.07, 6.45) is 4.59. The molecule has 0 amide bonds. The third-order valence-corrected chi connectivity index (χ3v) is 3.63. The second kappa shape index (κ2) is 6.58. The maximum atomic E-state index is 9.69. The topological polar surface area (TPSA) is 41.5 Å². The van der Waals surface area contributed by atoms with Gasteiger partial charge in [-0.25, -0.2) is 0 Å². The molecule has 0 saturated heterocycles. The molecule has 0 aromatic heterocycles. The third kappa shape index (κ3) is 3.44. The first kappa shape index (κ1) is 13.9. The molecule has 1 aliphatic rings. The molecule has 0 aromatic rings. The average Bonchev–Trinajstić information content (AvgIpc) is 2.62. The van der Waals surface area contributed by atoms with Crippen LogP contribution in [-0.2, 0) is 4.74 Å². The largest absolute Gasteiger partial charge is 0.394 e. The summed E-state index contributed by atoms with van der Waals surface area (Å²) in [6, 6.07) is 0.430. The molecule has 1 aliphatic carbocycles. The molecule has 0 aliphatic heterocycles. The van der Waals surface area contributed by atoms with Crippen molar-refractivity contribution in [1.82, 2.24) is 5.32 Å². The van der Waals surface area contributed by atoms with Crippen molar-refractivity contribution < 1.29 is 9.84 Å². The molecule has 3 nitrogen and oxygen atoms in total. The lowest BCUT2D eigenvalue weighted by molar-refractivity contribution is 0.0788. The Morgan fingerprint density at radius 2 is 2.25 bits per heavy atom. The number of hydrogen-bond donors (Lipinski definition) is 2. The van der Waals surface area contributed by atoms with Crippen LogP contribution in [0.5, 0.6) is 0 Å². The van der Waals surface area contributed by atoms with Gasteiger partial charge in [-0.15, -0.1) is 0 Å². The summed E-state index contributed by atoms with van der Waals surface area (Å²) in [5.41, 5.74) is -0.0503. The summed E-state index contributed by atoms with van der Waals surface area (Å²) >= 11 is 0. The van der Waals surface area contributed by atoms with Crippen molar-refractivity contribution in [2.24, 2.45) is 5.92 Å². The Morgan fingerprint density at radius 3 is 2.81 bits per heavy atom. The van der Waals surface area contributed by atoms with E-state index in [2.05, 4.69) is 19.2 Å². The zero-order valence-electron chi connectivity index (χ0n) is 11.0. The summed E-state index contributed by atoms with van der Waals surface area (Å²) in [5, 5.41) is 13.3. The van der Waals surface area contributed by atoms with Crippen LogP contribution in [0.1, 0.15) is 46.5 Å². The van der Waals surface area contributed by atoms with Gasteiger partial charge in [-0.1, -0.05) is 20.3 Å². The van der Waals surface area contributed by atoms with E-state index in [0.717, 1.165) is 26.1 Å². The fourth-order valence-electron chi connectivity index (χ4n) is 2.95. The Balaban J connectivity index is 2.52. The summed E-state index contributed by atoms with van der Waals surface area (Å²) in [6.45, 7) is 8.19. The van der Waals surface area contributed by atoms with Gasteiger partial charge in [0.25, 0.3) is 0 Å². The van der Waals surface area contributed by atoms with Crippen molar-refractivity contribution >= 4 is 0 Å². The molecule has 2 unspecified atom stereocenters. The highest BCUT2D eigenvalue weighted by Crippen LogP contribution is 2.38. The number of hydrogen-bond acceptors (Lipinski definition) is 3. The Bertz CT molecular complexity index is 196. The quantitative estimate of drug-likeness (QED) is 0.656. The Morgan fingerprint density at radius 1 is 1.50 bits per heavy atom. The fraction of sp³-hybridized carbons (Fsp3) is 1.00. The van der Waals surface area contributed by atoms with Gasteiger partial charge >= 0.3 is 0 Å². The Kier molecular flexibility index (Phi) is 5.73. The van der Waals surface area contributed by atoms with E-state index in [9.17, 15) is 5.11 Å². The van der Waals surface area contributed by atoms with Gasteiger partial charge in [0, 0.05) is 24.8 Å². The normalized spacial score (nSPS) is 30.2. The highest BCUT2D eigenvalue weighted by Gasteiger charge is 2.41. The lowest BCUT2D eigenvalue weighted by Gasteiger charge is -2.37. The first-order valence-corrected chi connectivity index (χ1v) is 6.61. The minimum absolute atomic E-state index is 0.0503. The van der Waals surface area contributed by atoms with Crippen LogP contribution in [0.25, 0.3) is 0 Å². The van der Waals surface area contributed by atoms with Crippen LogP contribution in [0.15, 0.2) is 0 Å². The molecular weight excluding hydrogens is 202 g/mol. The van der Waals surface area contributed by atoms with Gasteiger partial charge in [-0.2, -0.15) is 0 Å². The number of ether oxygens (including phenoxy) is 1. The second-order valence-electron chi connectivity index (χ2n) is 5.19. The Labute approximate surface area is 99.6 Å². The van der Waals surface area contributed by atoms with E-state index in [-0.39, 0.29) is 12.1 Å². The van der Waals surface area contributed by atoms with Gasteiger partial charge in [-0.05, 0) is 32.1 Å². The fourth-order valence-corrected chi connectivity index (χ4v) is 2.95. The van der Waals surface area contributed by atoms with Crippen LogP contribution < -0.4 is 5.32 Å². The van der Waals surface area contributed by atoms with Crippen molar-refractivity contribution in [2.75, 3.05) is 19.8 Å². The van der Waals surface area contributed by atoms with Gasteiger partial charge in [0.2, 0.25) is 0 Å². The molecule has 16 heavy (non-hydrogen) atoms. The molecule has 3 heteroatoms. The molecule has 1 saturated carbocycles. The zero-order valence-corrected chi connectivity index (χ0v) is 11.0. The first-order valence-electron chi connectivity index (χ1n) is 6.61. The van der Waals surface area contributed by atoms with Crippen LogP contribution >= 0.6 is 0 Å². The summed E-state index contributed by atoms with van der Waals surface area (Å²) in [7, 11) is 0. The van der Waals surface area contributed by atoms with E-state index >= 15 is 0 Å². The average molecular weight is 229 g/mol. The maximum absolute atomic E-state index is 9.69. The number of nitrogens with one attached hydrogen (secondary N) is 1. The smallest absolute Gasteiger partial charge is 0.0616 e. The predicted octanol–water partition coefficient (Wildman–Crippen LogP) is 1.94. The summed E-state index contributed by atoms with van der Waals surface area (Å²) in [5.74, 6) is 0.562. The molecule has 2 N–H and O–H groups in total. The SMILES string of the molecule is CCOCCC1CCCC1(CO)NC(C)C. The number of rotatable bonds is 7. The molecule has 1 fully saturated rings. The van der Waals surface area contributed by atoms with Crippen molar-refractivity contribution in [3.8, 4) is 0 Å². The van der Waals surface area contributed by atoms with Crippen LogP contribution in [0.3, 0.4) is 0 Å². The van der Waals surface area contributed by atoms with E-state index in [0.29, 0.717) is 12.0 Å². The van der Waals surface area contributed by atoms with Crippen molar-refractivity contribution in [3.05, 3.63) is 0 Å². The van der Waals surface area contributed by atoms with Gasteiger partial charge in [0.15, 0.2) is 0 Å². The molecule has 0 spiro atoms. The van der Waals surface area contributed by atoms with Gasteiger partial charge < -0.3 is 15.2 Å². The third-order valence-electron chi connectivity index (χ3n) is 3.63. The second-order valence-corrected chi connectivity index (χ2v) is 5.19.